The number of isothiocyanates is 2. The predicted octanol–water partition coefficient (Wildman–Crippen LogP) is 4.10. The molecule has 1 aliphatic rings. The van der Waals surface area contributed by atoms with Crippen molar-refractivity contribution in [3.05, 3.63) is 0 Å². The Kier molecular flexibility index (Phi) is 11.9. The molecule has 72 valence electrons. The summed E-state index contributed by atoms with van der Waals surface area (Å²) in [5, 5.41) is 4.19. The Morgan fingerprint density at radius 3 is 1.31 bits per heavy atom. The Bertz CT molecular complexity index is 174. The van der Waals surface area contributed by atoms with Crippen molar-refractivity contribution in [2.24, 2.45) is 8.80 Å². The normalized spacial score (nSPS) is 14.2. The molecule has 0 aromatic rings. The van der Waals surface area contributed by atoms with E-state index in [1.807, 2.05) is 0 Å². The van der Waals surface area contributed by atoms with E-state index in [4.69, 9.17) is 0 Å². The first-order valence-corrected chi connectivity index (χ1v) is 5.77. The molecule has 0 aromatic heterocycles. The van der Waals surface area contributed by atoms with Crippen LogP contribution in [0.25, 0.3) is 0 Å². The summed E-state index contributed by atoms with van der Waals surface area (Å²) < 4.78 is 6.69. The SMILES string of the molecule is C1CCCCC1.S=C=NSN=C=S. The van der Waals surface area contributed by atoms with E-state index in [1.165, 1.54) is 38.5 Å². The van der Waals surface area contributed by atoms with Gasteiger partial charge in [-0.3, -0.25) is 0 Å². The van der Waals surface area contributed by atoms with Crippen LogP contribution >= 0.6 is 36.6 Å². The molecule has 1 fully saturated rings. The molecule has 0 saturated heterocycles. The molecule has 1 aliphatic carbocycles. The molecule has 13 heavy (non-hydrogen) atoms. The van der Waals surface area contributed by atoms with E-state index >= 15 is 0 Å². The fourth-order valence-electron chi connectivity index (χ4n) is 1.11. The molecule has 0 amide bonds. The molecule has 0 unspecified atom stereocenters. The lowest BCUT2D eigenvalue weighted by Gasteiger charge is -2.05. The summed E-state index contributed by atoms with van der Waals surface area (Å²) in [7, 11) is 0. The van der Waals surface area contributed by atoms with Crippen molar-refractivity contribution in [3.8, 4) is 0 Å². The van der Waals surface area contributed by atoms with Crippen LogP contribution in [-0.2, 0) is 0 Å². The lowest BCUT2D eigenvalue weighted by molar-refractivity contribution is 0.504. The Morgan fingerprint density at radius 2 is 1.08 bits per heavy atom. The lowest BCUT2D eigenvalue weighted by atomic mass is 10.0. The molecule has 2 nitrogen and oxygen atoms in total. The van der Waals surface area contributed by atoms with E-state index in [0.717, 1.165) is 12.1 Å². The predicted molar refractivity (Wildman–Crippen MR) is 65.3 cm³/mol. The van der Waals surface area contributed by atoms with Gasteiger partial charge in [0.2, 0.25) is 0 Å². The molecule has 0 atom stereocenters. The molecule has 0 bridgehead atoms. The lowest BCUT2D eigenvalue weighted by Crippen LogP contribution is -1.85. The third-order valence-corrected chi connectivity index (χ3v) is 2.42. The van der Waals surface area contributed by atoms with Crippen LogP contribution in [0.2, 0.25) is 0 Å². The van der Waals surface area contributed by atoms with E-state index in [9.17, 15) is 0 Å². The maximum atomic E-state index is 4.21. The summed E-state index contributed by atoms with van der Waals surface area (Å²) in [5.74, 6) is 0. The molecule has 5 heteroatoms. The molecular formula is C8H12N2S3. The van der Waals surface area contributed by atoms with Crippen molar-refractivity contribution in [2.75, 3.05) is 0 Å². The molecular weight excluding hydrogens is 220 g/mol. The van der Waals surface area contributed by atoms with Gasteiger partial charge in [-0.2, -0.15) is 0 Å². The summed E-state index contributed by atoms with van der Waals surface area (Å²) in [6, 6.07) is 0. The highest BCUT2D eigenvalue weighted by molar-refractivity contribution is 7.97. The van der Waals surface area contributed by atoms with Crippen molar-refractivity contribution in [2.45, 2.75) is 38.5 Å². The first kappa shape index (κ1) is 12.9. The Labute approximate surface area is 94.2 Å². The van der Waals surface area contributed by atoms with Gasteiger partial charge in [-0.05, 0) is 24.4 Å². The van der Waals surface area contributed by atoms with Gasteiger partial charge in [-0.15, -0.1) is 8.80 Å². The van der Waals surface area contributed by atoms with Crippen LogP contribution in [0.15, 0.2) is 8.80 Å². The second-order valence-corrected chi connectivity index (χ2v) is 3.46. The van der Waals surface area contributed by atoms with E-state index in [-0.39, 0.29) is 0 Å². The summed E-state index contributed by atoms with van der Waals surface area (Å²) in [6.07, 6.45) is 9.00. The van der Waals surface area contributed by atoms with Crippen molar-refractivity contribution in [3.63, 3.8) is 0 Å². The van der Waals surface area contributed by atoms with Gasteiger partial charge < -0.3 is 0 Å². The molecule has 0 aromatic carbocycles. The summed E-state index contributed by atoms with van der Waals surface area (Å²) in [5.41, 5.74) is 0. The zero-order chi connectivity index (χ0) is 9.78. The van der Waals surface area contributed by atoms with Gasteiger partial charge in [0, 0.05) is 0 Å². The van der Waals surface area contributed by atoms with Crippen LogP contribution in [0.1, 0.15) is 38.5 Å². The highest BCUT2D eigenvalue weighted by Gasteiger charge is 1.95. The third-order valence-electron chi connectivity index (χ3n) is 1.66. The zero-order valence-corrected chi connectivity index (χ0v) is 9.81. The zero-order valence-electron chi connectivity index (χ0n) is 7.36. The minimum absolute atomic E-state index is 0.873. The topological polar surface area (TPSA) is 24.7 Å². The highest BCUT2D eigenvalue weighted by Crippen LogP contribution is 2.15. The van der Waals surface area contributed by atoms with Gasteiger partial charge in [-0.25, -0.2) is 0 Å². The van der Waals surface area contributed by atoms with E-state index < -0.39 is 0 Å². The Balaban J connectivity index is 0.000000223. The van der Waals surface area contributed by atoms with E-state index in [1.54, 1.807) is 0 Å². The van der Waals surface area contributed by atoms with Crippen molar-refractivity contribution in [1.29, 1.82) is 0 Å². The van der Waals surface area contributed by atoms with Crippen LogP contribution in [0.3, 0.4) is 0 Å². The average Bonchev–Trinajstić information content (AvgIpc) is 2.22. The number of hydrogen-bond acceptors (Lipinski definition) is 5. The fraction of sp³-hybridized carbons (Fsp3) is 0.750. The number of hydrogen-bond donors (Lipinski definition) is 0. The minimum atomic E-state index is 0.873. The first-order chi connectivity index (χ1) is 6.41. The van der Waals surface area contributed by atoms with Crippen molar-refractivity contribution < 1.29 is 0 Å². The van der Waals surface area contributed by atoms with Crippen molar-refractivity contribution >= 4 is 46.9 Å². The molecule has 0 spiro atoms. The monoisotopic (exact) mass is 232 g/mol. The quantitative estimate of drug-likeness (QED) is 0.407. The summed E-state index contributed by atoms with van der Waals surface area (Å²) in [6.45, 7) is 0. The van der Waals surface area contributed by atoms with Gasteiger partial charge in [0.25, 0.3) is 0 Å². The van der Waals surface area contributed by atoms with Crippen LogP contribution in [0.4, 0.5) is 0 Å². The third kappa shape index (κ3) is 12.0. The van der Waals surface area contributed by atoms with Crippen LogP contribution in [0, 0.1) is 0 Å². The van der Waals surface area contributed by atoms with Gasteiger partial charge >= 0.3 is 0 Å². The molecule has 0 aliphatic heterocycles. The van der Waals surface area contributed by atoms with Crippen LogP contribution < -0.4 is 0 Å². The van der Waals surface area contributed by atoms with Crippen LogP contribution in [-0.4, -0.2) is 10.3 Å². The Hall–Kier alpha value is -0.0500. The number of nitrogens with zero attached hydrogens (tertiary/aromatic N) is 2. The van der Waals surface area contributed by atoms with Crippen molar-refractivity contribution in [1.82, 2.24) is 0 Å². The minimum Gasteiger partial charge on any atom is -0.136 e. The molecule has 0 heterocycles. The van der Waals surface area contributed by atoms with Gasteiger partial charge in [-0.1, -0.05) is 38.5 Å². The second-order valence-electron chi connectivity index (χ2n) is 2.57. The van der Waals surface area contributed by atoms with E-state index in [0.29, 0.717) is 0 Å². The van der Waals surface area contributed by atoms with Gasteiger partial charge in [0.1, 0.15) is 12.1 Å². The summed E-state index contributed by atoms with van der Waals surface area (Å²) >= 11 is 9.28. The second kappa shape index (κ2) is 11.9. The highest BCUT2D eigenvalue weighted by atomic mass is 32.2. The van der Waals surface area contributed by atoms with Crippen LogP contribution in [0.5, 0.6) is 0 Å². The molecule has 1 rings (SSSR count). The van der Waals surface area contributed by atoms with Gasteiger partial charge in [0.15, 0.2) is 0 Å². The maximum absolute atomic E-state index is 4.21. The average molecular weight is 232 g/mol. The standard InChI is InChI=1S/C6H12.C2N2S3/c1-2-4-6-5-3-1;5-1-3-7-4-2-6/h1-6H2;. The number of rotatable bonds is 2. The Morgan fingerprint density at radius 1 is 0.769 bits per heavy atom. The van der Waals surface area contributed by atoms with E-state index in [2.05, 4.69) is 43.6 Å². The smallest absolute Gasteiger partial charge is 0.135 e. The molecule has 0 N–H and O–H groups in total. The summed E-state index contributed by atoms with van der Waals surface area (Å²) in [4.78, 5) is 0. The fourth-order valence-corrected chi connectivity index (χ4v) is 1.42. The van der Waals surface area contributed by atoms with Gasteiger partial charge in [0.05, 0.1) is 10.3 Å². The first-order valence-electron chi connectivity index (χ1n) is 4.22. The molecule has 0 radical (unpaired) electrons. The molecule has 1 saturated carbocycles. The largest absolute Gasteiger partial charge is 0.136 e. The number of thiocarbonyl (C=S) groups is 2. The maximum Gasteiger partial charge on any atom is 0.135 e.